The molecule has 2 nitrogen and oxygen atoms in total. The number of thiocarbonyl (C=S) groups is 1. The van der Waals surface area contributed by atoms with Gasteiger partial charge in [0, 0.05) is 28.3 Å². The molecule has 0 bridgehead atoms. The average Bonchev–Trinajstić information content (AvgIpc) is 2.24. The summed E-state index contributed by atoms with van der Waals surface area (Å²) >= 11 is 8.62. The van der Waals surface area contributed by atoms with Crippen molar-refractivity contribution < 1.29 is 0 Å². The number of halogens is 1. The number of hydrogen-bond acceptors (Lipinski definition) is 2. The van der Waals surface area contributed by atoms with Gasteiger partial charge in [-0.2, -0.15) is 0 Å². The molecule has 0 unspecified atom stereocenters. The lowest BCUT2D eigenvalue weighted by Gasteiger charge is -2.30. The molecule has 4 heteroatoms. The maximum Gasteiger partial charge on any atom is 0.106 e. The number of hydrogen-bond donors (Lipinski definition) is 1. The van der Waals surface area contributed by atoms with Gasteiger partial charge in [-0.25, -0.2) is 0 Å². The van der Waals surface area contributed by atoms with Gasteiger partial charge in [-0.1, -0.05) is 35.1 Å². The quantitative estimate of drug-likeness (QED) is 0.840. The van der Waals surface area contributed by atoms with Gasteiger partial charge in [0.25, 0.3) is 0 Å². The number of nitrogens with zero attached hydrogens (tertiary/aromatic N) is 1. The average molecular weight is 315 g/mol. The Morgan fingerprint density at radius 3 is 2.59 bits per heavy atom. The Morgan fingerprint density at radius 1 is 1.47 bits per heavy atom. The zero-order valence-corrected chi connectivity index (χ0v) is 12.9. The summed E-state index contributed by atoms with van der Waals surface area (Å²) in [4.78, 5) is 2.79. The number of nitrogens with two attached hydrogens (primary N) is 1. The first-order chi connectivity index (χ1) is 7.97. The van der Waals surface area contributed by atoms with E-state index in [0.29, 0.717) is 11.0 Å². The molecule has 1 rings (SSSR count). The van der Waals surface area contributed by atoms with Crippen LogP contribution < -0.4 is 10.6 Å². The largest absolute Gasteiger partial charge is 0.389 e. The first kappa shape index (κ1) is 14.5. The maximum absolute atomic E-state index is 5.79. The molecular formula is C13H19BrN2S. The predicted molar refractivity (Wildman–Crippen MR) is 82.8 cm³/mol. The van der Waals surface area contributed by atoms with Crippen LogP contribution in [0.25, 0.3) is 0 Å². The topological polar surface area (TPSA) is 29.3 Å². The van der Waals surface area contributed by atoms with E-state index in [2.05, 4.69) is 47.7 Å². The molecule has 0 saturated carbocycles. The fourth-order valence-electron chi connectivity index (χ4n) is 1.85. The number of anilines is 1. The molecule has 0 heterocycles. The summed E-state index contributed by atoms with van der Waals surface area (Å²) in [6.07, 6.45) is 1.10. The highest BCUT2D eigenvalue weighted by atomic mass is 79.9. The fraction of sp³-hybridized carbons (Fsp3) is 0.462. The smallest absolute Gasteiger partial charge is 0.106 e. The van der Waals surface area contributed by atoms with Crippen molar-refractivity contribution in [3.63, 3.8) is 0 Å². The first-order valence-electron chi connectivity index (χ1n) is 5.83. The van der Waals surface area contributed by atoms with Gasteiger partial charge in [0.15, 0.2) is 0 Å². The van der Waals surface area contributed by atoms with E-state index in [1.54, 1.807) is 0 Å². The normalized spacial score (nSPS) is 10.6. The minimum Gasteiger partial charge on any atom is -0.389 e. The van der Waals surface area contributed by atoms with E-state index in [1.165, 1.54) is 0 Å². The van der Waals surface area contributed by atoms with Crippen LogP contribution in [-0.4, -0.2) is 17.6 Å². The Labute approximate surface area is 117 Å². The van der Waals surface area contributed by atoms with Crippen molar-refractivity contribution >= 4 is 38.8 Å². The molecule has 2 N–H and O–H groups in total. The minimum absolute atomic E-state index is 0.428. The van der Waals surface area contributed by atoms with E-state index in [9.17, 15) is 0 Å². The van der Waals surface area contributed by atoms with Crippen LogP contribution in [0.5, 0.6) is 0 Å². The second kappa shape index (κ2) is 6.36. The zero-order chi connectivity index (χ0) is 13.0. The van der Waals surface area contributed by atoms with Crippen LogP contribution in [0, 0.1) is 0 Å². The van der Waals surface area contributed by atoms with Crippen LogP contribution in [0.4, 0.5) is 5.69 Å². The molecule has 17 heavy (non-hydrogen) atoms. The molecule has 0 atom stereocenters. The summed E-state index contributed by atoms with van der Waals surface area (Å²) < 4.78 is 1.05. The summed E-state index contributed by atoms with van der Waals surface area (Å²) in [7, 11) is 0. The van der Waals surface area contributed by atoms with Gasteiger partial charge in [-0.05, 0) is 38.5 Å². The maximum atomic E-state index is 5.79. The summed E-state index contributed by atoms with van der Waals surface area (Å²) in [6.45, 7) is 7.54. The standard InChI is InChI=1S/C13H19BrN2S/c1-4-7-16(9(2)3)12-8-10(14)5-6-11(12)13(15)17/h5-6,8-9H,4,7H2,1-3H3,(H2,15,17). The lowest BCUT2D eigenvalue weighted by Crippen LogP contribution is -2.33. The molecule has 0 aliphatic heterocycles. The van der Waals surface area contributed by atoms with Gasteiger partial charge in [0.05, 0.1) is 0 Å². The Kier molecular flexibility index (Phi) is 5.40. The summed E-state index contributed by atoms with van der Waals surface area (Å²) in [6, 6.07) is 6.47. The molecule has 0 saturated heterocycles. The molecule has 0 fully saturated rings. The van der Waals surface area contributed by atoms with Gasteiger partial charge in [0.2, 0.25) is 0 Å². The van der Waals surface area contributed by atoms with E-state index < -0.39 is 0 Å². The van der Waals surface area contributed by atoms with E-state index in [1.807, 2.05) is 12.1 Å². The Bertz CT molecular complexity index is 404. The molecule has 1 aromatic rings. The second-order valence-corrected chi connectivity index (χ2v) is 5.67. The fourth-order valence-corrected chi connectivity index (χ4v) is 2.37. The van der Waals surface area contributed by atoms with E-state index in [0.717, 1.165) is 28.7 Å². The van der Waals surface area contributed by atoms with Crippen LogP contribution in [-0.2, 0) is 0 Å². The van der Waals surface area contributed by atoms with Crippen molar-refractivity contribution in [2.45, 2.75) is 33.2 Å². The van der Waals surface area contributed by atoms with Crippen LogP contribution >= 0.6 is 28.1 Å². The van der Waals surface area contributed by atoms with Gasteiger partial charge in [-0.15, -0.1) is 0 Å². The molecule has 0 aromatic heterocycles. The lowest BCUT2D eigenvalue weighted by molar-refractivity contribution is 0.670. The van der Waals surface area contributed by atoms with Crippen molar-refractivity contribution in [1.29, 1.82) is 0 Å². The Balaban J connectivity index is 3.24. The second-order valence-electron chi connectivity index (χ2n) is 4.31. The van der Waals surface area contributed by atoms with Crippen LogP contribution in [0.1, 0.15) is 32.8 Å². The van der Waals surface area contributed by atoms with Crippen LogP contribution in [0.3, 0.4) is 0 Å². The third kappa shape index (κ3) is 3.68. The molecule has 0 aliphatic rings. The zero-order valence-electron chi connectivity index (χ0n) is 10.5. The van der Waals surface area contributed by atoms with Crippen LogP contribution in [0.2, 0.25) is 0 Å². The highest BCUT2D eigenvalue weighted by Gasteiger charge is 2.15. The van der Waals surface area contributed by atoms with Gasteiger partial charge < -0.3 is 10.6 Å². The third-order valence-corrected chi connectivity index (χ3v) is 3.34. The molecule has 0 aliphatic carbocycles. The molecule has 94 valence electrons. The van der Waals surface area contributed by atoms with E-state index in [-0.39, 0.29) is 0 Å². The Morgan fingerprint density at radius 2 is 2.12 bits per heavy atom. The minimum atomic E-state index is 0.428. The summed E-state index contributed by atoms with van der Waals surface area (Å²) in [5.41, 5.74) is 7.85. The van der Waals surface area contributed by atoms with Gasteiger partial charge >= 0.3 is 0 Å². The van der Waals surface area contributed by atoms with E-state index >= 15 is 0 Å². The van der Waals surface area contributed by atoms with Crippen molar-refractivity contribution in [2.24, 2.45) is 5.73 Å². The number of benzene rings is 1. The van der Waals surface area contributed by atoms with Crippen molar-refractivity contribution in [3.05, 3.63) is 28.2 Å². The molecule has 0 amide bonds. The first-order valence-corrected chi connectivity index (χ1v) is 7.03. The van der Waals surface area contributed by atoms with Gasteiger partial charge in [-0.3, -0.25) is 0 Å². The third-order valence-electron chi connectivity index (χ3n) is 2.62. The number of rotatable bonds is 5. The Hall–Kier alpha value is -0.610. The molecule has 0 radical (unpaired) electrons. The predicted octanol–water partition coefficient (Wildman–Crippen LogP) is 3.71. The molecule has 0 spiro atoms. The lowest BCUT2D eigenvalue weighted by atomic mass is 10.1. The highest BCUT2D eigenvalue weighted by Crippen LogP contribution is 2.27. The SMILES string of the molecule is CCCN(c1cc(Br)ccc1C(N)=S)C(C)C. The molecule has 1 aromatic carbocycles. The van der Waals surface area contributed by atoms with Crippen molar-refractivity contribution in [2.75, 3.05) is 11.4 Å². The van der Waals surface area contributed by atoms with Crippen molar-refractivity contribution in [3.8, 4) is 0 Å². The van der Waals surface area contributed by atoms with Crippen LogP contribution in [0.15, 0.2) is 22.7 Å². The summed E-state index contributed by atoms with van der Waals surface area (Å²) in [5, 5.41) is 0. The van der Waals surface area contributed by atoms with Gasteiger partial charge in [0.1, 0.15) is 4.99 Å². The highest BCUT2D eigenvalue weighted by molar-refractivity contribution is 9.10. The monoisotopic (exact) mass is 314 g/mol. The molecular weight excluding hydrogens is 296 g/mol. The summed E-state index contributed by atoms with van der Waals surface area (Å²) in [5.74, 6) is 0. The van der Waals surface area contributed by atoms with Crippen molar-refractivity contribution in [1.82, 2.24) is 0 Å². The van der Waals surface area contributed by atoms with E-state index in [4.69, 9.17) is 18.0 Å².